The Morgan fingerprint density at radius 2 is 1.83 bits per heavy atom. The van der Waals surface area contributed by atoms with Gasteiger partial charge in [0.1, 0.15) is 6.04 Å². The molecule has 0 fully saturated rings. The van der Waals surface area contributed by atoms with Gasteiger partial charge in [-0.15, -0.1) is 0 Å². The molecule has 0 aliphatic rings. The van der Waals surface area contributed by atoms with E-state index in [1.54, 1.807) is 16.8 Å². The summed E-state index contributed by atoms with van der Waals surface area (Å²) in [4.78, 5) is 23.2. The van der Waals surface area contributed by atoms with Gasteiger partial charge in [-0.2, -0.15) is 5.10 Å². The standard InChI is InChI=1S/C16H18ClN3O3/c1-9(2)14-13(15(21)19-10(3)16(22)23)8-18-20(14)12-6-4-11(17)5-7-12/h4-10H,1-3H3,(H,19,21)(H,22,23)/t10-/m0/s1. The Hall–Kier alpha value is -2.34. The lowest BCUT2D eigenvalue weighted by Crippen LogP contribution is -2.38. The topological polar surface area (TPSA) is 84.2 Å². The smallest absolute Gasteiger partial charge is 0.325 e. The number of amides is 1. The maximum atomic E-state index is 12.3. The van der Waals surface area contributed by atoms with Crippen molar-refractivity contribution in [2.75, 3.05) is 0 Å². The molecule has 1 heterocycles. The summed E-state index contributed by atoms with van der Waals surface area (Å²) in [6.45, 7) is 5.31. The zero-order chi connectivity index (χ0) is 17.1. The second-order valence-corrected chi connectivity index (χ2v) is 5.96. The monoisotopic (exact) mass is 335 g/mol. The predicted octanol–water partition coefficient (Wildman–Crippen LogP) is 2.85. The van der Waals surface area contributed by atoms with Crippen LogP contribution < -0.4 is 5.32 Å². The number of hydrogen-bond donors (Lipinski definition) is 2. The molecule has 1 amide bonds. The van der Waals surface area contributed by atoms with E-state index in [1.165, 1.54) is 13.1 Å². The van der Waals surface area contributed by atoms with Crippen molar-refractivity contribution in [2.24, 2.45) is 0 Å². The first-order valence-electron chi connectivity index (χ1n) is 7.18. The van der Waals surface area contributed by atoms with Crippen molar-refractivity contribution in [3.8, 4) is 5.69 Å². The second-order valence-electron chi connectivity index (χ2n) is 5.52. The molecule has 23 heavy (non-hydrogen) atoms. The first-order chi connectivity index (χ1) is 10.8. The minimum Gasteiger partial charge on any atom is -0.480 e. The van der Waals surface area contributed by atoms with E-state index in [4.69, 9.17) is 16.7 Å². The number of aliphatic carboxylic acids is 1. The van der Waals surface area contributed by atoms with Gasteiger partial charge in [-0.3, -0.25) is 9.59 Å². The quantitative estimate of drug-likeness (QED) is 0.880. The molecule has 7 heteroatoms. The van der Waals surface area contributed by atoms with Crippen LogP contribution in [0.25, 0.3) is 5.69 Å². The third kappa shape index (κ3) is 3.71. The first kappa shape index (κ1) is 17.0. The van der Waals surface area contributed by atoms with Gasteiger partial charge in [0.15, 0.2) is 0 Å². The summed E-state index contributed by atoms with van der Waals surface area (Å²) >= 11 is 5.89. The van der Waals surface area contributed by atoms with E-state index in [9.17, 15) is 9.59 Å². The molecular weight excluding hydrogens is 318 g/mol. The van der Waals surface area contributed by atoms with Gasteiger partial charge in [-0.1, -0.05) is 25.4 Å². The number of carbonyl (C=O) groups is 2. The van der Waals surface area contributed by atoms with E-state index < -0.39 is 17.9 Å². The molecule has 6 nitrogen and oxygen atoms in total. The van der Waals surface area contributed by atoms with E-state index in [1.807, 2.05) is 26.0 Å². The Bertz CT molecular complexity index is 723. The van der Waals surface area contributed by atoms with Crippen molar-refractivity contribution in [1.29, 1.82) is 0 Å². The normalized spacial score (nSPS) is 12.2. The van der Waals surface area contributed by atoms with Crippen molar-refractivity contribution < 1.29 is 14.7 Å². The van der Waals surface area contributed by atoms with Gasteiger partial charge in [-0.25, -0.2) is 4.68 Å². The molecule has 1 aromatic carbocycles. The second kappa shape index (κ2) is 6.83. The van der Waals surface area contributed by atoms with Gasteiger partial charge >= 0.3 is 5.97 Å². The minimum absolute atomic E-state index is 0.0223. The third-order valence-electron chi connectivity index (χ3n) is 3.39. The van der Waals surface area contributed by atoms with Gasteiger partial charge in [0.05, 0.1) is 23.1 Å². The Morgan fingerprint density at radius 1 is 1.22 bits per heavy atom. The van der Waals surface area contributed by atoms with E-state index >= 15 is 0 Å². The molecular formula is C16H18ClN3O3. The number of carbonyl (C=O) groups excluding carboxylic acids is 1. The van der Waals surface area contributed by atoms with Gasteiger partial charge in [0, 0.05) is 5.02 Å². The fourth-order valence-corrected chi connectivity index (χ4v) is 2.34. The minimum atomic E-state index is -1.09. The molecule has 0 unspecified atom stereocenters. The lowest BCUT2D eigenvalue weighted by molar-refractivity contribution is -0.138. The van der Waals surface area contributed by atoms with Crippen molar-refractivity contribution in [2.45, 2.75) is 32.7 Å². The average molecular weight is 336 g/mol. The molecule has 0 radical (unpaired) electrons. The number of nitrogens with one attached hydrogen (secondary N) is 1. The number of halogens is 1. The SMILES string of the molecule is CC(C)c1c(C(=O)N[C@@H](C)C(=O)O)cnn1-c1ccc(Cl)cc1. The van der Waals surface area contributed by atoms with Crippen molar-refractivity contribution in [3.05, 3.63) is 46.7 Å². The molecule has 1 aromatic heterocycles. The van der Waals surface area contributed by atoms with Crippen molar-refractivity contribution in [1.82, 2.24) is 15.1 Å². The highest BCUT2D eigenvalue weighted by Gasteiger charge is 2.23. The summed E-state index contributed by atoms with van der Waals surface area (Å²) in [5.74, 6) is -1.52. The van der Waals surface area contributed by atoms with Gasteiger partial charge < -0.3 is 10.4 Å². The Kier molecular flexibility index (Phi) is 5.05. The van der Waals surface area contributed by atoms with Gasteiger partial charge in [0.2, 0.25) is 0 Å². The van der Waals surface area contributed by atoms with Crippen LogP contribution in [0.1, 0.15) is 42.7 Å². The molecule has 0 spiro atoms. The summed E-state index contributed by atoms with van der Waals surface area (Å²) in [7, 11) is 0. The molecule has 0 saturated carbocycles. The highest BCUT2D eigenvalue weighted by Crippen LogP contribution is 2.24. The summed E-state index contributed by atoms with van der Waals surface area (Å²) in [6.07, 6.45) is 1.45. The fraction of sp³-hybridized carbons (Fsp3) is 0.312. The molecule has 0 bridgehead atoms. The number of carboxylic acid groups (broad SMARTS) is 1. The Morgan fingerprint density at radius 3 is 2.35 bits per heavy atom. The Labute approximate surface area is 139 Å². The predicted molar refractivity (Wildman–Crippen MR) is 87.2 cm³/mol. The van der Waals surface area contributed by atoms with E-state index in [2.05, 4.69) is 10.4 Å². The first-order valence-corrected chi connectivity index (χ1v) is 7.56. The van der Waals surface area contributed by atoms with Crippen LogP contribution in [-0.2, 0) is 4.79 Å². The number of nitrogens with zero attached hydrogens (tertiary/aromatic N) is 2. The average Bonchev–Trinajstić information content (AvgIpc) is 2.92. The molecule has 2 rings (SSSR count). The third-order valence-corrected chi connectivity index (χ3v) is 3.64. The molecule has 0 aliphatic carbocycles. The largest absolute Gasteiger partial charge is 0.480 e. The summed E-state index contributed by atoms with van der Waals surface area (Å²) in [6, 6.07) is 6.14. The molecule has 1 atom stereocenters. The summed E-state index contributed by atoms with van der Waals surface area (Å²) < 4.78 is 1.67. The van der Waals surface area contributed by atoms with Crippen LogP contribution in [-0.4, -0.2) is 32.8 Å². The van der Waals surface area contributed by atoms with Crippen LogP contribution in [0.2, 0.25) is 5.02 Å². The number of hydrogen-bond acceptors (Lipinski definition) is 3. The molecule has 2 aromatic rings. The lowest BCUT2D eigenvalue weighted by Gasteiger charge is -2.14. The van der Waals surface area contributed by atoms with E-state index in [0.29, 0.717) is 16.3 Å². The zero-order valence-electron chi connectivity index (χ0n) is 13.1. The number of benzene rings is 1. The van der Waals surface area contributed by atoms with E-state index in [-0.39, 0.29) is 5.92 Å². The van der Waals surface area contributed by atoms with Crippen LogP contribution in [0.15, 0.2) is 30.5 Å². The summed E-state index contributed by atoms with van der Waals surface area (Å²) in [5, 5.41) is 16.3. The molecule has 2 N–H and O–H groups in total. The Balaban J connectivity index is 2.41. The van der Waals surface area contributed by atoms with Crippen LogP contribution in [0, 0.1) is 0 Å². The van der Waals surface area contributed by atoms with Gasteiger partial charge in [-0.05, 0) is 37.1 Å². The molecule has 0 saturated heterocycles. The van der Waals surface area contributed by atoms with E-state index in [0.717, 1.165) is 5.69 Å². The molecule has 0 aliphatic heterocycles. The maximum Gasteiger partial charge on any atom is 0.325 e. The zero-order valence-corrected chi connectivity index (χ0v) is 13.8. The van der Waals surface area contributed by atoms with Gasteiger partial charge in [0.25, 0.3) is 5.91 Å². The number of aromatic nitrogens is 2. The highest BCUT2D eigenvalue weighted by atomic mass is 35.5. The van der Waals surface area contributed by atoms with Crippen molar-refractivity contribution in [3.63, 3.8) is 0 Å². The summed E-state index contributed by atoms with van der Waals surface area (Å²) in [5.41, 5.74) is 1.86. The van der Waals surface area contributed by atoms with Crippen LogP contribution in [0.4, 0.5) is 0 Å². The fourth-order valence-electron chi connectivity index (χ4n) is 2.21. The number of rotatable bonds is 5. The molecule has 122 valence electrons. The van der Waals surface area contributed by atoms with Crippen LogP contribution in [0.3, 0.4) is 0 Å². The van der Waals surface area contributed by atoms with Crippen LogP contribution in [0.5, 0.6) is 0 Å². The maximum absolute atomic E-state index is 12.3. The highest BCUT2D eigenvalue weighted by molar-refractivity contribution is 6.30. The van der Waals surface area contributed by atoms with Crippen molar-refractivity contribution >= 4 is 23.5 Å². The lowest BCUT2D eigenvalue weighted by atomic mass is 10.0. The van der Waals surface area contributed by atoms with Crippen LogP contribution >= 0.6 is 11.6 Å². The number of carboxylic acids is 1.